The second-order valence-electron chi connectivity index (χ2n) is 4.45. The number of benzene rings is 1. The van der Waals surface area contributed by atoms with Gasteiger partial charge in [0.25, 0.3) is 0 Å². The van der Waals surface area contributed by atoms with Gasteiger partial charge >= 0.3 is 0 Å². The molecule has 0 bridgehead atoms. The standard InChI is InChI=1S/C13H14N2O2S/c1-17-9-3-2-8-4-5-13(16,10(8)6-9)11-7-15-12(14)18-11/h2-3,6-7,16H,4-5H2,1H3,(H2,14,15). The molecule has 0 saturated carbocycles. The van der Waals surface area contributed by atoms with Crippen molar-refractivity contribution in [2.45, 2.75) is 18.4 Å². The molecule has 3 rings (SSSR count). The number of hydrogen-bond donors (Lipinski definition) is 2. The van der Waals surface area contributed by atoms with Crippen molar-refractivity contribution in [3.63, 3.8) is 0 Å². The van der Waals surface area contributed by atoms with Crippen LogP contribution >= 0.6 is 11.3 Å². The summed E-state index contributed by atoms with van der Waals surface area (Å²) in [4.78, 5) is 4.83. The Balaban J connectivity index is 2.12. The van der Waals surface area contributed by atoms with Gasteiger partial charge in [-0.25, -0.2) is 4.98 Å². The van der Waals surface area contributed by atoms with Gasteiger partial charge in [0.15, 0.2) is 5.13 Å². The number of aromatic nitrogens is 1. The minimum absolute atomic E-state index is 0.481. The summed E-state index contributed by atoms with van der Waals surface area (Å²) in [7, 11) is 1.63. The average Bonchev–Trinajstić information content (AvgIpc) is 2.95. The van der Waals surface area contributed by atoms with Crippen molar-refractivity contribution in [2.24, 2.45) is 0 Å². The Labute approximate surface area is 109 Å². The number of nitrogens with zero attached hydrogens (tertiary/aromatic N) is 1. The Morgan fingerprint density at radius 3 is 3.00 bits per heavy atom. The summed E-state index contributed by atoms with van der Waals surface area (Å²) in [6, 6.07) is 5.83. The maximum Gasteiger partial charge on any atom is 0.180 e. The van der Waals surface area contributed by atoms with Crippen molar-refractivity contribution >= 4 is 16.5 Å². The number of methoxy groups -OCH3 is 1. The highest BCUT2D eigenvalue weighted by Crippen LogP contribution is 2.45. The van der Waals surface area contributed by atoms with E-state index in [9.17, 15) is 5.11 Å². The van der Waals surface area contributed by atoms with Crippen LogP contribution in [0.1, 0.15) is 22.4 Å². The van der Waals surface area contributed by atoms with Crippen molar-refractivity contribution in [3.8, 4) is 5.75 Å². The molecule has 18 heavy (non-hydrogen) atoms. The lowest BCUT2D eigenvalue weighted by Crippen LogP contribution is -2.22. The summed E-state index contributed by atoms with van der Waals surface area (Å²) < 4.78 is 5.23. The third-order valence-electron chi connectivity index (χ3n) is 3.45. The van der Waals surface area contributed by atoms with Gasteiger partial charge in [-0.3, -0.25) is 0 Å². The van der Waals surface area contributed by atoms with Gasteiger partial charge in [-0.2, -0.15) is 0 Å². The van der Waals surface area contributed by atoms with Crippen LogP contribution in [0.5, 0.6) is 5.75 Å². The van der Waals surface area contributed by atoms with E-state index in [4.69, 9.17) is 10.5 Å². The highest BCUT2D eigenvalue weighted by atomic mass is 32.1. The molecule has 1 aromatic carbocycles. The number of thiazole rings is 1. The summed E-state index contributed by atoms with van der Waals surface area (Å²) in [6.07, 6.45) is 3.18. The van der Waals surface area contributed by atoms with Crippen LogP contribution in [0.25, 0.3) is 0 Å². The normalized spacial score (nSPS) is 21.9. The SMILES string of the molecule is COc1ccc2c(c1)C(O)(c1cnc(N)s1)CC2. The average molecular weight is 262 g/mol. The molecule has 94 valence electrons. The Kier molecular flexibility index (Phi) is 2.53. The molecule has 1 aliphatic rings. The van der Waals surface area contributed by atoms with E-state index in [0.717, 1.165) is 28.2 Å². The molecule has 4 nitrogen and oxygen atoms in total. The molecule has 0 radical (unpaired) electrons. The zero-order valence-electron chi connectivity index (χ0n) is 10.0. The van der Waals surface area contributed by atoms with Crippen LogP contribution in [0.4, 0.5) is 5.13 Å². The van der Waals surface area contributed by atoms with Gasteiger partial charge in [0.1, 0.15) is 11.4 Å². The Bertz CT molecular complexity index is 596. The van der Waals surface area contributed by atoms with E-state index >= 15 is 0 Å². The number of aliphatic hydroxyl groups is 1. The minimum atomic E-state index is -0.973. The Morgan fingerprint density at radius 2 is 2.33 bits per heavy atom. The predicted octanol–water partition coefficient (Wildman–Crippen LogP) is 1.92. The largest absolute Gasteiger partial charge is 0.497 e. The molecule has 1 aromatic heterocycles. The number of fused-ring (bicyclic) bond motifs is 1. The van der Waals surface area contributed by atoms with Crippen molar-refractivity contribution in [3.05, 3.63) is 40.4 Å². The van der Waals surface area contributed by atoms with Crippen molar-refractivity contribution in [2.75, 3.05) is 12.8 Å². The van der Waals surface area contributed by atoms with E-state index in [1.54, 1.807) is 13.3 Å². The molecule has 0 amide bonds. The van der Waals surface area contributed by atoms with Gasteiger partial charge in [-0.15, -0.1) is 0 Å². The first kappa shape index (κ1) is 11.5. The van der Waals surface area contributed by atoms with Gasteiger partial charge in [0.05, 0.1) is 12.0 Å². The molecule has 2 aromatic rings. The van der Waals surface area contributed by atoms with E-state index in [1.165, 1.54) is 11.3 Å². The third-order valence-corrected chi connectivity index (χ3v) is 4.43. The number of aryl methyl sites for hydroxylation is 1. The summed E-state index contributed by atoms with van der Waals surface area (Å²) in [5.41, 5.74) is 6.75. The number of nitrogens with two attached hydrogens (primary N) is 1. The molecular formula is C13H14N2O2S. The van der Waals surface area contributed by atoms with Crippen LogP contribution in [0.2, 0.25) is 0 Å². The summed E-state index contributed by atoms with van der Waals surface area (Å²) in [5.74, 6) is 0.756. The molecule has 0 saturated heterocycles. The van der Waals surface area contributed by atoms with Crippen molar-refractivity contribution in [1.29, 1.82) is 0 Å². The second kappa shape index (κ2) is 3.96. The lowest BCUT2D eigenvalue weighted by molar-refractivity contribution is 0.0864. The second-order valence-corrected chi connectivity index (χ2v) is 5.51. The monoisotopic (exact) mass is 262 g/mol. The lowest BCUT2D eigenvalue weighted by Gasteiger charge is -2.22. The van der Waals surface area contributed by atoms with E-state index in [-0.39, 0.29) is 0 Å². The van der Waals surface area contributed by atoms with Crippen LogP contribution in [0.15, 0.2) is 24.4 Å². The topological polar surface area (TPSA) is 68.4 Å². The molecule has 0 spiro atoms. The lowest BCUT2D eigenvalue weighted by atomic mass is 9.94. The fourth-order valence-electron chi connectivity index (χ4n) is 2.47. The van der Waals surface area contributed by atoms with Gasteiger partial charge < -0.3 is 15.6 Å². The Hall–Kier alpha value is -1.59. The van der Waals surface area contributed by atoms with Crippen LogP contribution < -0.4 is 10.5 Å². The van der Waals surface area contributed by atoms with Crippen LogP contribution in [-0.2, 0) is 12.0 Å². The first-order valence-electron chi connectivity index (χ1n) is 5.75. The fourth-order valence-corrected chi connectivity index (χ4v) is 3.29. The molecule has 1 atom stereocenters. The van der Waals surface area contributed by atoms with Crippen LogP contribution in [0, 0.1) is 0 Å². The molecule has 0 fully saturated rings. The molecule has 1 unspecified atom stereocenters. The van der Waals surface area contributed by atoms with Crippen LogP contribution in [-0.4, -0.2) is 17.2 Å². The van der Waals surface area contributed by atoms with E-state index in [0.29, 0.717) is 11.6 Å². The zero-order chi connectivity index (χ0) is 12.8. The molecule has 0 aliphatic heterocycles. The highest BCUT2D eigenvalue weighted by molar-refractivity contribution is 7.15. The van der Waals surface area contributed by atoms with Gasteiger partial charge in [-0.05, 0) is 36.1 Å². The number of rotatable bonds is 2. The molecular weight excluding hydrogens is 248 g/mol. The third kappa shape index (κ3) is 1.59. The molecule has 3 N–H and O–H groups in total. The van der Waals surface area contributed by atoms with E-state index < -0.39 is 5.60 Å². The van der Waals surface area contributed by atoms with Crippen molar-refractivity contribution < 1.29 is 9.84 Å². The van der Waals surface area contributed by atoms with Gasteiger partial charge in [0.2, 0.25) is 0 Å². The smallest absolute Gasteiger partial charge is 0.180 e. The number of ether oxygens (including phenoxy) is 1. The zero-order valence-corrected chi connectivity index (χ0v) is 10.8. The summed E-state index contributed by atoms with van der Waals surface area (Å²) in [6.45, 7) is 0. The number of anilines is 1. The quantitative estimate of drug-likeness (QED) is 0.867. The minimum Gasteiger partial charge on any atom is -0.497 e. The molecule has 5 heteroatoms. The summed E-state index contributed by atoms with van der Waals surface area (Å²) in [5, 5.41) is 11.4. The van der Waals surface area contributed by atoms with Gasteiger partial charge in [0, 0.05) is 6.20 Å². The fraction of sp³-hybridized carbons (Fsp3) is 0.308. The summed E-state index contributed by atoms with van der Waals surface area (Å²) >= 11 is 1.34. The Morgan fingerprint density at radius 1 is 1.50 bits per heavy atom. The molecule has 1 heterocycles. The van der Waals surface area contributed by atoms with E-state index in [2.05, 4.69) is 4.98 Å². The number of nitrogen functional groups attached to an aromatic ring is 1. The van der Waals surface area contributed by atoms with E-state index in [1.807, 2.05) is 18.2 Å². The predicted molar refractivity (Wildman–Crippen MR) is 70.8 cm³/mol. The maximum atomic E-state index is 10.9. The molecule has 1 aliphatic carbocycles. The maximum absolute atomic E-state index is 10.9. The van der Waals surface area contributed by atoms with Crippen LogP contribution in [0.3, 0.4) is 0 Å². The van der Waals surface area contributed by atoms with Crippen molar-refractivity contribution in [1.82, 2.24) is 4.98 Å². The van der Waals surface area contributed by atoms with Gasteiger partial charge in [-0.1, -0.05) is 17.4 Å². The highest BCUT2D eigenvalue weighted by Gasteiger charge is 2.40. The number of hydrogen-bond acceptors (Lipinski definition) is 5. The first-order chi connectivity index (χ1) is 8.63. The first-order valence-corrected chi connectivity index (χ1v) is 6.57.